The lowest BCUT2D eigenvalue weighted by Crippen LogP contribution is -2.39. The summed E-state index contributed by atoms with van der Waals surface area (Å²) in [5.74, 6) is -0.255. The predicted molar refractivity (Wildman–Crippen MR) is 156 cm³/mol. The van der Waals surface area contributed by atoms with Gasteiger partial charge in [0, 0.05) is 30.1 Å². The Labute approximate surface area is 238 Å². The average molecular weight is 576 g/mol. The maximum absolute atomic E-state index is 13.7. The molecule has 0 spiro atoms. The molecule has 4 aromatic rings. The van der Waals surface area contributed by atoms with E-state index in [2.05, 4.69) is 15.1 Å². The number of benzene rings is 3. The van der Waals surface area contributed by atoms with E-state index in [4.69, 9.17) is 4.74 Å². The van der Waals surface area contributed by atoms with Gasteiger partial charge < -0.3 is 9.64 Å². The number of hydrogen-bond donors (Lipinski definition) is 0. The van der Waals surface area contributed by atoms with E-state index >= 15 is 0 Å². The average Bonchev–Trinajstić information content (AvgIpc) is 3.45. The number of carbonyl (C=O) groups is 1. The fourth-order valence-corrected chi connectivity index (χ4v) is 6.15. The Balaban J connectivity index is 1.56. The van der Waals surface area contributed by atoms with Crippen molar-refractivity contribution in [3.05, 3.63) is 107 Å². The first-order valence-electron chi connectivity index (χ1n) is 12.8. The predicted octanol–water partition coefficient (Wildman–Crippen LogP) is 4.58. The van der Waals surface area contributed by atoms with Crippen LogP contribution < -0.4 is 0 Å². The van der Waals surface area contributed by atoms with E-state index in [0.717, 1.165) is 9.65 Å². The second-order valence-electron chi connectivity index (χ2n) is 9.17. The number of amidine groups is 1. The number of thioether (sulfide) groups is 1. The number of ether oxygens (including phenoxy) is 1. The molecule has 1 atom stereocenters. The van der Waals surface area contributed by atoms with E-state index in [1.54, 1.807) is 42.5 Å². The molecule has 0 N–H and O–H groups in total. The van der Waals surface area contributed by atoms with Gasteiger partial charge in [0.2, 0.25) is 0 Å². The number of aliphatic imine (C=N–C) groups is 1. The number of rotatable bonds is 7. The lowest BCUT2D eigenvalue weighted by molar-refractivity contribution is 0.0693. The van der Waals surface area contributed by atoms with Crippen molar-refractivity contribution in [1.29, 1.82) is 0 Å². The van der Waals surface area contributed by atoms with E-state index in [1.165, 1.54) is 23.9 Å². The van der Waals surface area contributed by atoms with E-state index in [1.807, 2.05) is 48.4 Å². The summed E-state index contributed by atoms with van der Waals surface area (Å²) >= 11 is 1.41. The molecule has 0 amide bonds. The molecule has 1 aliphatic rings. The summed E-state index contributed by atoms with van der Waals surface area (Å²) in [6.07, 6.45) is 1.89. The SMILES string of the molecule is CSC(=Nc1nc(C(C)c2cccc(C(=O)c3ccccc3)c2)nn1S(=O)(=O)c1ccccc1)N1CCOCC1. The van der Waals surface area contributed by atoms with Gasteiger partial charge >= 0.3 is 0 Å². The van der Waals surface area contributed by atoms with Gasteiger partial charge in [0.25, 0.3) is 16.0 Å². The second kappa shape index (κ2) is 12.2. The van der Waals surface area contributed by atoms with Crippen molar-refractivity contribution in [1.82, 2.24) is 19.1 Å². The third-order valence-corrected chi connectivity index (χ3v) is 8.86. The lowest BCUT2D eigenvalue weighted by atomic mass is 9.95. The summed E-state index contributed by atoms with van der Waals surface area (Å²) in [6, 6.07) is 24.4. The number of hydrogen-bond acceptors (Lipinski definition) is 8. The molecule has 0 aliphatic carbocycles. The van der Waals surface area contributed by atoms with E-state index in [9.17, 15) is 13.2 Å². The van der Waals surface area contributed by atoms with Crippen molar-refractivity contribution >= 4 is 38.7 Å². The highest BCUT2D eigenvalue weighted by Crippen LogP contribution is 2.28. The van der Waals surface area contributed by atoms with Crippen molar-refractivity contribution in [3.8, 4) is 0 Å². The Kier molecular flexibility index (Phi) is 8.43. The zero-order valence-electron chi connectivity index (χ0n) is 22.2. The molecule has 2 heterocycles. The Morgan fingerprint density at radius 1 is 0.950 bits per heavy atom. The van der Waals surface area contributed by atoms with Crippen LogP contribution in [-0.4, -0.2) is 71.0 Å². The van der Waals surface area contributed by atoms with Crippen LogP contribution in [0.25, 0.3) is 0 Å². The molecule has 1 unspecified atom stereocenters. The van der Waals surface area contributed by atoms with Crippen molar-refractivity contribution < 1.29 is 17.9 Å². The zero-order valence-corrected chi connectivity index (χ0v) is 23.8. The van der Waals surface area contributed by atoms with Crippen molar-refractivity contribution in [2.24, 2.45) is 4.99 Å². The molecule has 1 aromatic heterocycles. The highest BCUT2D eigenvalue weighted by molar-refractivity contribution is 8.13. The highest BCUT2D eigenvalue weighted by Gasteiger charge is 2.27. The first kappa shape index (κ1) is 27.8. The molecule has 1 aliphatic heterocycles. The summed E-state index contributed by atoms with van der Waals surface area (Å²) in [7, 11) is -4.08. The molecule has 0 bridgehead atoms. The number of carbonyl (C=O) groups excluding carboxylic acids is 1. The molecule has 1 saturated heterocycles. The van der Waals surface area contributed by atoms with E-state index < -0.39 is 15.9 Å². The number of nitrogens with zero attached hydrogens (tertiary/aromatic N) is 5. The first-order valence-corrected chi connectivity index (χ1v) is 15.5. The number of morpholine rings is 1. The van der Waals surface area contributed by atoms with Crippen LogP contribution in [-0.2, 0) is 14.8 Å². The van der Waals surface area contributed by atoms with Gasteiger partial charge in [-0.1, -0.05) is 85.4 Å². The largest absolute Gasteiger partial charge is 0.378 e. The van der Waals surface area contributed by atoms with Crippen LogP contribution in [0.15, 0.2) is 94.8 Å². The molecule has 206 valence electrons. The molecule has 5 rings (SSSR count). The van der Waals surface area contributed by atoms with Crippen LogP contribution in [0, 0.1) is 0 Å². The third-order valence-electron chi connectivity index (χ3n) is 6.58. The van der Waals surface area contributed by atoms with Gasteiger partial charge in [0.1, 0.15) is 0 Å². The Bertz CT molecular complexity index is 1620. The fourth-order valence-electron chi connectivity index (χ4n) is 4.35. The fraction of sp³-hybridized carbons (Fsp3) is 0.241. The standard InChI is InChI=1S/C29H29N5O4S2/c1-21(23-12-9-13-24(20-23)26(35)22-10-5-3-6-11-22)27-30-28(31-29(39-2)33-16-18-38-19-17-33)34(32-27)40(36,37)25-14-7-4-8-15-25/h3-15,20-21H,16-19H2,1-2H3. The zero-order chi connectivity index (χ0) is 28.1. The summed E-state index contributed by atoms with van der Waals surface area (Å²) in [4.78, 5) is 24.5. The first-order chi connectivity index (χ1) is 19.4. The Morgan fingerprint density at radius 2 is 1.60 bits per heavy atom. The van der Waals surface area contributed by atoms with Crippen molar-refractivity contribution in [2.45, 2.75) is 17.7 Å². The minimum absolute atomic E-state index is 0.0296. The second-order valence-corrected chi connectivity index (χ2v) is 11.7. The minimum atomic E-state index is -4.08. The molecular formula is C29H29N5O4S2. The van der Waals surface area contributed by atoms with E-state index in [0.29, 0.717) is 42.6 Å². The maximum Gasteiger partial charge on any atom is 0.286 e. The molecule has 1 fully saturated rings. The highest BCUT2D eigenvalue weighted by atomic mass is 32.2. The summed E-state index contributed by atoms with van der Waals surface area (Å²) in [5.41, 5.74) is 1.90. The summed E-state index contributed by atoms with van der Waals surface area (Å²) in [6.45, 7) is 4.30. The number of aromatic nitrogens is 3. The topological polar surface area (TPSA) is 107 Å². The monoisotopic (exact) mass is 575 g/mol. The van der Waals surface area contributed by atoms with Gasteiger partial charge in [-0.2, -0.15) is 18.4 Å². The van der Waals surface area contributed by atoms with Crippen LogP contribution in [0.1, 0.15) is 40.2 Å². The molecule has 3 aromatic carbocycles. The van der Waals surface area contributed by atoms with Crippen molar-refractivity contribution in [2.75, 3.05) is 32.6 Å². The molecule has 11 heteroatoms. The third kappa shape index (κ3) is 5.86. The summed E-state index contributed by atoms with van der Waals surface area (Å²) < 4.78 is 33.7. The lowest BCUT2D eigenvalue weighted by Gasteiger charge is -2.28. The van der Waals surface area contributed by atoms with E-state index in [-0.39, 0.29) is 22.5 Å². The smallest absolute Gasteiger partial charge is 0.286 e. The van der Waals surface area contributed by atoms with Crippen LogP contribution in [0.3, 0.4) is 0 Å². The molecule has 40 heavy (non-hydrogen) atoms. The normalized spacial score (nSPS) is 15.2. The Hall–Kier alpha value is -3.80. The minimum Gasteiger partial charge on any atom is -0.378 e. The molecule has 0 saturated carbocycles. The van der Waals surface area contributed by atoms with Crippen LogP contribution in [0.4, 0.5) is 5.95 Å². The van der Waals surface area contributed by atoms with Crippen LogP contribution in [0.2, 0.25) is 0 Å². The van der Waals surface area contributed by atoms with Gasteiger partial charge in [0.15, 0.2) is 16.8 Å². The van der Waals surface area contributed by atoms with Crippen LogP contribution >= 0.6 is 11.8 Å². The molecular weight excluding hydrogens is 546 g/mol. The molecule has 0 radical (unpaired) electrons. The van der Waals surface area contributed by atoms with Gasteiger partial charge in [-0.15, -0.1) is 9.19 Å². The van der Waals surface area contributed by atoms with Gasteiger partial charge in [-0.3, -0.25) is 4.79 Å². The maximum atomic E-state index is 13.7. The Morgan fingerprint density at radius 3 is 2.27 bits per heavy atom. The number of ketones is 1. The van der Waals surface area contributed by atoms with Gasteiger partial charge in [-0.25, -0.2) is 0 Å². The van der Waals surface area contributed by atoms with Gasteiger partial charge in [-0.05, 0) is 30.0 Å². The van der Waals surface area contributed by atoms with Gasteiger partial charge in [0.05, 0.1) is 18.1 Å². The van der Waals surface area contributed by atoms with Crippen molar-refractivity contribution in [3.63, 3.8) is 0 Å². The quantitative estimate of drug-likeness (QED) is 0.179. The van der Waals surface area contributed by atoms with Crippen LogP contribution in [0.5, 0.6) is 0 Å². The molecule has 9 nitrogen and oxygen atoms in total. The summed E-state index contributed by atoms with van der Waals surface area (Å²) in [5, 5.41) is 5.11.